The fraction of sp³-hybridized carbons (Fsp3) is 0.625. The highest BCUT2D eigenvalue weighted by atomic mass is 35.5. The van der Waals surface area contributed by atoms with Gasteiger partial charge in [0, 0.05) is 6.54 Å². The van der Waals surface area contributed by atoms with Crippen molar-refractivity contribution in [2.45, 2.75) is 52.1 Å². The molecule has 0 radical (unpaired) electrons. The lowest BCUT2D eigenvalue weighted by Gasteiger charge is -2.43. The fourth-order valence-electron chi connectivity index (χ4n) is 2.96. The average Bonchev–Trinajstić information content (AvgIpc) is 2.75. The van der Waals surface area contributed by atoms with Gasteiger partial charge in [0.2, 0.25) is 0 Å². The van der Waals surface area contributed by atoms with Crippen LogP contribution in [0.1, 0.15) is 41.0 Å². The van der Waals surface area contributed by atoms with Crippen LogP contribution in [0.5, 0.6) is 0 Å². The van der Waals surface area contributed by atoms with Crippen LogP contribution in [0.25, 0.3) is 0 Å². The number of rotatable bonds is 0. The van der Waals surface area contributed by atoms with Gasteiger partial charge in [0.1, 0.15) is 16.9 Å². The molecule has 0 spiro atoms. The van der Waals surface area contributed by atoms with E-state index in [0.717, 1.165) is 23.6 Å². The van der Waals surface area contributed by atoms with Crippen LogP contribution in [0.4, 0.5) is 4.79 Å². The van der Waals surface area contributed by atoms with Gasteiger partial charge in [0.15, 0.2) is 0 Å². The predicted molar refractivity (Wildman–Crippen MR) is 89.6 cm³/mol. The highest BCUT2D eigenvalue weighted by Gasteiger charge is 2.41. The maximum Gasteiger partial charge on any atom is 0.414 e. The number of hydrogen-bond acceptors (Lipinski definition) is 5. The van der Waals surface area contributed by atoms with E-state index in [1.807, 2.05) is 31.9 Å². The van der Waals surface area contributed by atoms with Gasteiger partial charge in [0.25, 0.3) is 0 Å². The summed E-state index contributed by atoms with van der Waals surface area (Å²) < 4.78 is 5.56. The Bertz CT molecular complexity index is 630. The van der Waals surface area contributed by atoms with E-state index in [1.54, 1.807) is 11.1 Å². The third-order valence-corrected chi connectivity index (χ3v) is 4.02. The second-order valence-electron chi connectivity index (χ2n) is 7.89. The van der Waals surface area contributed by atoms with Gasteiger partial charge in [-0.05, 0) is 38.7 Å². The first kappa shape index (κ1) is 16.3. The van der Waals surface area contributed by atoms with Gasteiger partial charge in [-0.25, -0.2) is 15.2 Å². The van der Waals surface area contributed by atoms with E-state index in [-0.39, 0.29) is 17.0 Å². The van der Waals surface area contributed by atoms with Crippen molar-refractivity contribution in [3.05, 3.63) is 23.3 Å². The van der Waals surface area contributed by atoms with E-state index in [1.165, 1.54) is 0 Å². The van der Waals surface area contributed by atoms with Crippen LogP contribution in [0, 0.1) is 5.41 Å². The summed E-state index contributed by atoms with van der Waals surface area (Å²) in [6.45, 7) is 10.5. The van der Waals surface area contributed by atoms with Gasteiger partial charge in [0.05, 0.1) is 17.6 Å². The van der Waals surface area contributed by atoms with Crippen LogP contribution in [0.3, 0.4) is 0 Å². The number of carbonyl (C=O) groups excluding carboxylic acids is 1. The highest BCUT2D eigenvalue weighted by Crippen LogP contribution is 2.40. The molecular weight excluding hydrogens is 316 g/mol. The molecule has 0 aromatic carbocycles. The number of alkyl halides is 1. The molecule has 1 N–H and O–H groups in total. The van der Waals surface area contributed by atoms with Crippen molar-refractivity contribution in [3.63, 3.8) is 0 Å². The number of allylic oxidation sites excluding steroid dienone is 2. The maximum atomic E-state index is 12.6. The molecule has 3 aliphatic rings. The third kappa shape index (κ3) is 3.23. The monoisotopic (exact) mass is 338 g/mol. The normalized spacial score (nSPS) is 26.0. The number of halogens is 1. The lowest BCUT2D eigenvalue weighted by molar-refractivity contribution is 0.0221. The first-order valence-corrected chi connectivity index (χ1v) is 8.19. The number of nitrogens with zero attached hydrogens (tertiary/aromatic N) is 3. The lowest BCUT2D eigenvalue weighted by atomic mass is 9.83. The number of hydrogen-bond donors (Lipinski definition) is 1. The average molecular weight is 339 g/mol. The van der Waals surface area contributed by atoms with Crippen molar-refractivity contribution >= 4 is 23.9 Å². The van der Waals surface area contributed by atoms with E-state index in [9.17, 15) is 4.79 Å². The van der Waals surface area contributed by atoms with Gasteiger partial charge < -0.3 is 4.74 Å². The zero-order chi connectivity index (χ0) is 17.0. The molecule has 23 heavy (non-hydrogen) atoms. The van der Waals surface area contributed by atoms with E-state index >= 15 is 0 Å². The van der Waals surface area contributed by atoms with Gasteiger partial charge in [-0.15, -0.1) is 0 Å². The summed E-state index contributed by atoms with van der Waals surface area (Å²) in [5, 5.41) is 1.88. The molecule has 1 unspecified atom stereocenters. The molecule has 6 nitrogen and oxygen atoms in total. The molecule has 126 valence electrons. The minimum absolute atomic E-state index is 0.0713. The summed E-state index contributed by atoms with van der Waals surface area (Å²) in [5.74, 6) is 0.769. The van der Waals surface area contributed by atoms with Crippen molar-refractivity contribution in [3.8, 4) is 0 Å². The molecule has 0 fully saturated rings. The molecule has 3 aliphatic heterocycles. The van der Waals surface area contributed by atoms with E-state index in [0.29, 0.717) is 6.54 Å². The first-order valence-electron chi connectivity index (χ1n) is 7.76. The Labute approximate surface area is 141 Å². The zero-order valence-corrected chi connectivity index (χ0v) is 14.9. The van der Waals surface area contributed by atoms with Crippen LogP contribution in [0.15, 0.2) is 28.3 Å². The molecule has 3 rings (SSSR count). The summed E-state index contributed by atoms with van der Waals surface area (Å²) in [6, 6.07) is 0. The van der Waals surface area contributed by atoms with Crippen LogP contribution in [-0.4, -0.2) is 39.9 Å². The molecule has 3 heterocycles. The molecule has 0 aliphatic carbocycles. The summed E-state index contributed by atoms with van der Waals surface area (Å²) in [5.41, 5.74) is 4.02. The second kappa shape index (κ2) is 5.24. The highest BCUT2D eigenvalue weighted by molar-refractivity contribution is 6.21. The van der Waals surface area contributed by atoms with E-state index in [2.05, 4.69) is 24.3 Å². The van der Waals surface area contributed by atoms with Crippen LogP contribution >= 0.6 is 11.6 Å². The lowest BCUT2D eigenvalue weighted by Crippen LogP contribution is -2.50. The van der Waals surface area contributed by atoms with Crippen LogP contribution < -0.4 is 5.43 Å². The number of fused-ring (bicyclic) bond motifs is 2. The molecular formula is C16H23ClN4O2. The molecule has 0 aromatic heterocycles. The van der Waals surface area contributed by atoms with Gasteiger partial charge in [-0.1, -0.05) is 25.4 Å². The molecule has 0 saturated carbocycles. The number of ether oxygens (including phenoxy) is 1. The molecule has 7 heteroatoms. The van der Waals surface area contributed by atoms with Crippen molar-refractivity contribution in [1.29, 1.82) is 0 Å². The molecule has 1 amide bonds. The topological polar surface area (TPSA) is 57.2 Å². The Morgan fingerprint density at radius 2 is 2.17 bits per heavy atom. The van der Waals surface area contributed by atoms with Crippen molar-refractivity contribution < 1.29 is 9.53 Å². The molecule has 0 aromatic rings. The van der Waals surface area contributed by atoms with Crippen LogP contribution in [-0.2, 0) is 4.74 Å². The first-order chi connectivity index (χ1) is 10.6. The third-order valence-electron chi connectivity index (χ3n) is 3.80. The Kier molecular flexibility index (Phi) is 3.72. The van der Waals surface area contributed by atoms with E-state index < -0.39 is 5.60 Å². The number of carbonyl (C=O) groups is 1. The van der Waals surface area contributed by atoms with Gasteiger partial charge in [-0.2, -0.15) is 0 Å². The van der Waals surface area contributed by atoms with Crippen molar-refractivity contribution in [2.75, 3.05) is 6.54 Å². The minimum Gasteiger partial charge on any atom is -0.443 e. The Morgan fingerprint density at radius 3 is 2.83 bits per heavy atom. The minimum atomic E-state index is -0.538. The SMILES string of the molecule is CC1(C)CC2=C(C=NC3=CC(Cl)NN32)N(C(=O)OC(C)(C)C)C1. The zero-order valence-electron chi connectivity index (χ0n) is 14.2. The predicted octanol–water partition coefficient (Wildman–Crippen LogP) is 3.18. The van der Waals surface area contributed by atoms with E-state index in [4.69, 9.17) is 16.3 Å². The molecule has 1 atom stereocenters. The molecule has 0 saturated heterocycles. The summed E-state index contributed by atoms with van der Waals surface area (Å²) in [6.07, 6.45) is 4.05. The van der Waals surface area contributed by atoms with Crippen molar-refractivity contribution in [2.24, 2.45) is 10.4 Å². The largest absolute Gasteiger partial charge is 0.443 e. The smallest absolute Gasteiger partial charge is 0.414 e. The number of aliphatic imine (C=N–C) groups is 1. The number of nitrogens with one attached hydrogen (secondary N) is 1. The fourth-order valence-corrected chi connectivity index (χ4v) is 3.17. The van der Waals surface area contributed by atoms with Crippen LogP contribution in [0.2, 0.25) is 0 Å². The number of hydrazine groups is 1. The summed E-state index contributed by atoms with van der Waals surface area (Å²) >= 11 is 6.14. The Balaban J connectivity index is 1.96. The standard InChI is InChI=1S/C16H23ClN4O2/c1-15(2,3)23-14(22)20-9-16(4,5)7-10-11(20)8-18-13-6-12(17)19-21(10)13/h6,8,12,19H,7,9H2,1-5H3. The molecule has 0 bridgehead atoms. The maximum absolute atomic E-state index is 12.6. The van der Waals surface area contributed by atoms with Gasteiger partial charge in [-0.3, -0.25) is 9.91 Å². The Hall–Kier alpha value is -1.53. The van der Waals surface area contributed by atoms with Crippen molar-refractivity contribution in [1.82, 2.24) is 15.3 Å². The van der Waals surface area contributed by atoms with Gasteiger partial charge >= 0.3 is 6.09 Å². The quantitative estimate of drug-likeness (QED) is 0.544. The number of amides is 1. The summed E-state index contributed by atoms with van der Waals surface area (Å²) in [7, 11) is 0. The summed E-state index contributed by atoms with van der Waals surface area (Å²) in [4.78, 5) is 18.7. The second-order valence-corrected chi connectivity index (χ2v) is 8.36. The Morgan fingerprint density at radius 1 is 1.48 bits per heavy atom.